The minimum Gasteiger partial charge on any atom is -0.505 e. The van der Waals surface area contributed by atoms with Crippen LogP contribution >= 0.6 is 0 Å². The molecule has 172 valence electrons. The van der Waals surface area contributed by atoms with E-state index in [1.807, 2.05) is 54.6 Å². The number of aromatic nitrogens is 1. The molecule has 2 aliphatic rings. The summed E-state index contributed by atoms with van der Waals surface area (Å²) in [6, 6.07) is 17.6. The lowest BCUT2D eigenvalue weighted by atomic mass is 10.1. The first-order valence-corrected chi connectivity index (χ1v) is 11.6. The SMILES string of the molecule is O=C(Nc1ccc(N2CCCCC2)cc1)c1c(O)c2n(c1O)C[C@H](OCc1ccccc1)C2. The number of fused-ring (bicyclic) bond motifs is 1. The summed E-state index contributed by atoms with van der Waals surface area (Å²) >= 11 is 0. The van der Waals surface area contributed by atoms with Crippen molar-refractivity contribution in [2.75, 3.05) is 23.3 Å². The Morgan fingerprint density at radius 2 is 1.73 bits per heavy atom. The van der Waals surface area contributed by atoms with Crippen LogP contribution in [0, 0.1) is 0 Å². The van der Waals surface area contributed by atoms with Gasteiger partial charge < -0.3 is 29.7 Å². The third kappa shape index (κ3) is 4.41. The molecule has 0 radical (unpaired) electrons. The van der Waals surface area contributed by atoms with E-state index >= 15 is 0 Å². The fraction of sp³-hybridized carbons (Fsp3) is 0.346. The number of carbonyl (C=O) groups is 1. The number of nitrogens with one attached hydrogen (secondary N) is 1. The number of anilines is 2. The molecule has 7 heteroatoms. The molecule has 0 aliphatic carbocycles. The zero-order chi connectivity index (χ0) is 22.8. The van der Waals surface area contributed by atoms with Crippen molar-refractivity contribution >= 4 is 17.3 Å². The highest BCUT2D eigenvalue weighted by Gasteiger charge is 2.34. The van der Waals surface area contributed by atoms with E-state index in [2.05, 4.69) is 10.2 Å². The van der Waals surface area contributed by atoms with Crippen LogP contribution in [0.4, 0.5) is 11.4 Å². The van der Waals surface area contributed by atoms with Crippen molar-refractivity contribution in [1.29, 1.82) is 0 Å². The molecule has 3 N–H and O–H groups in total. The van der Waals surface area contributed by atoms with Crippen LogP contribution in [0.25, 0.3) is 0 Å². The van der Waals surface area contributed by atoms with Crippen molar-refractivity contribution in [2.24, 2.45) is 0 Å². The van der Waals surface area contributed by atoms with Gasteiger partial charge in [0.1, 0.15) is 5.56 Å². The molecule has 3 heterocycles. The lowest BCUT2D eigenvalue weighted by molar-refractivity contribution is 0.0407. The van der Waals surface area contributed by atoms with Crippen LogP contribution in [0.5, 0.6) is 11.6 Å². The molecule has 1 amide bonds. The van der Waals surface area contributed by atoms with E-state index in [9.17, 15) is 15.0 Å². The summed E-state index contributed by atoms with van der Waals surface area (Å²) in [5.41, 5.74) is 3.26. The molecular weight excluding hydrogens is 418 g/mol. The fourth-order valence-corrected chi connectivity index (χ4v) is 4.74. The molecule has 2 aliphatic heterocycles. The minimum atomic E-state index is -0.528. The maximum absolute atomic E-state index is 12.9. The molecule has 0 saturated carbocycles. The van der Waals surface area contributed by atoms with Crippen LogP contribution in [-0.2, 0) is 24.3 Å². The zero-order valence-corrected chi connectivity index (χ0v) is 18.5. The number of carbonyl (C=O) groups excluding carboxylic acids is 1. The van der Waals surface area contributed by atoms with Crippen molar-refractivity contribution in [3.63, 3.8) is 0 Å². The van der Waals surface area contributed by atoms with E-state index in [-0.39, 0.29) is 23.3 Å². The summed E-state index contributed by atoms with van der Waals surface area (Å²) in [6.07, 6.45) is 3.95. The Bertz CT molecular complexity index is 1090. The van der Waals surface area contributed by atoms with E-state index < -0.39 is 5.91 Å². The number of hydrogen-bond donors (Lipinski definition) is 3. The van der Waals surface area contributed by atoms with Gasteiger partial charge in [-0.25, -0.2) is 0 Å². The van der Waals surface area contributed by atoms with E-state index in [1.54, 1.807) is 4.57 Å². The number of ether oxygens (including phenoxy) is 1. The number of benzene rings is 2. The van der Waals surface area contributed by atoms with Gasteiger partial charge in [-0.2, -0.15) is 0 Å². The average Bonchev–Trinajstić information content (AvgIpc) is 3.38. The van der Waals surface area contributed by atoms with E-state index in [0.29, 0.717) is 31.0 Å². The smallest absolute Gasteiger partial charge is 0.264 e. The van der Waals surface area contributed by atoms with Crippen molar-refractivity contribution in [3.8, 4) is 11.6 Å². The molecule has 33 heavy (non-hydrogen) atoms. The van der Waals surface area contributed by atoms with Crippen molar-refractivity contribution in [2.45, 2.75) is 44.9 Å². The predicted octanol–water partition coefficient (Wildman–Crippen LogP) is 4.28. The van der Waals surface area contributed by atoms with Crippen LogP contribution in [0.1, 0.15) is 40.9 Å². The second kappa shape index (κ2) is 9.19. The fourth-order valence-electron chi connectivity index (χ4n) is 4.74. The number of amides is 1. The second-order valence-electron chi connectivity index (χ2n) is 8.78. The summed E-state index contributed by atoms with van der Waals surface area (Å²) in [7, 11) is 0. The number of hydrogen-bond acceptors (Lipinski definition) is 5. The number of nitrogens with zero attached hydrogens (tertiary/aromatic N) is 2. The molecule has 1 saturated heterocycles. The predicted molar refractivity (Wildman–Crippen MR) is 127 cm³/mol. The van der Waals surface area contributed by atoms with Gasteiger partial charge in [0.15, 0.2) is 5.75 Å². The number of rotatable bonds is 6. The molecule has 5 rings (SSSR count). The first-order valence-electron chi connectivity index (χ1n) is 11.6. The number of piperidine rings is 1. The van der Waals surface area contributed by atoms with E-state index in [1.165, 1.54) is 19.3 Å². The van der Waals surface area contributed by atoms with Crippen LogP contribution in [-0.4, -0.2) is 39.9 Å². The second-order valence-corrected chi connectivity index (χ2v) is 8.78. The number of aromatic hydroxyl groups is 2. The molecule has 2 aromatic carbocycles. The van der Waals surface area contributed by atoms with Crippen molar-refractivity contribution in [1.82, 2.24) is 4.57 Å². The Balaban J connectivity index is 1.23. The Hall–Kier alpha value is -3.45. The standard InChI is InChI=1S/C26H29N3O4/c30-24-22-15-21(33-17-18-7-3-1-4-8-18)16-29(22)26(32)23(24)25(31)27-19-9-11-20(12-10-19)28-13-5-2-6-14-28/h1,3-4,7-12,21,30,32H,2,5-6,13-17H2,(H,27,31)/t21-/m1/s1. The van der Waals surface area contributed by atoms with Gasteiger partial charge in [0.25, 0.3) is 5.91 Å². The summed E-state index contributed by atoms with van der Waals surface area (Å²) in [4.78, 5) is 15.2. The van der Waals surface area contributed by atoms with Gasteiger partial charge in [-0.05, 0) is 49.1 Å². The molecule has 0 unspecified atom stereocenters. The topological polar surface area (TPSA) is 87.0 Å². The lowest BCUT2D eigenvalue weighted by Gasteiger charge is -2.28. The Morgan fingerprint density at radius 1 is 1.00 bits per heavy atom. The molecular formula is C26H29N3O4. The van der Waals surface area contributed by atoms with Crippen LogP contribution in [0.3, 0.4) is 0 Å². The maximum atomic E-state index is 12.9. The summed E-state index contributed by atoms with van der Waals surface area (Å²) in [5, 5.41) is 24.2. The molecule has 1 fully saturated rings. The molecule has 0 spiro atoms. The minimum absolute atomic E-state index is 0.0911. The van der Waals surface area contributed by atoms with E-state index in [4.69, 9.17) is 4.74 Å². The molecule has 7 nitrogen and oxygen atoms in total. The third-order valence-corrected chi connectivity index (χ3v) is 6.52. The maximum Gasteiger partial charge on any atom is 0.264 e. The van der Waals surface area contributed by atoms with Crippen molar-refractivity contribution < 1.29 is 19.7 Å². The third-order valence-electron chi connectivity index (χ3n) is 6.52. The van der Waals surface area contributed by atoms with Gasteiger partial charge in [0.2, 0.25) is 5.88 Å². The lowest BCUT2D eigenvalue weighted by Crippen LogP contribution is -2.29. The highest BCUT2D eigenvalue weighted by atomic mass is 16.5. The van der Waals surface area contributed by atoms with Crippen LogP contribution in [0.15, 0.2) is 54.6 Å². The average molecular weight is 448 g/mol. The van der Waals surface area contributed by atoms with Gasteiger partial charge in [-0.1, -0.05) is 30.3 Å². The van der Waals surface area contributed by atoms with Gasteiger partial charge in [-0.3, -0.25) is 4.79 Å². The normalized spacial score (nSPS) is 17.7. The first-order chi connectivity index (χ1) is 16.1. The van der Waals surface area contributed by atoms with Crippen LogP contribution < -0.4 is 10.2 Å². The zero-order valence-electron chi connectivity index (χ0n) is 18.5. The van der Waals surface area contributed by atoms with Gasteiger partial charge in [0, 0.05) is 30.9 Å². The highest BCUT2D eigenvalue weighted by Crippen LogP contribution is 2.40. The monoisotopic (exact) mass is 447 g/mol. The van der Waals surface area contributed by atoms with Crippen molar-refractivity contribution in [3.05, 3.63) is 71.4 Å². The largest absolute Gasteiger partial charge is 0.505 e. The summed E-state index contributed by atoms with van der Waals surface area (Å²) in [6.45, 7) is 2.96. The van der Waals surface area contributed by atoms with Gasteiger partial charge in [-0.15, -0.1) is 0 Å². The Kier molecular flexibility index (Phi) is 5.96. The van der Waals surface area contributed by atoms with Crippen LogP contribution in [0.2, 0.25) is 0 Å². The highest BCUT2D eigenvalue weighted by molar-refractivity contribution is 6.08. The van der Waals surface area contributed by atoms with Gasteiger partial charge in [0.05, 0.1) is 24.9 Å². The Morgan fingerprint density at radius 3 is 2.42 bits per heavy atom. The quantitative estimate of drug-likeness (QED) is 0.525. The van der Waals surface area contributed by atoms with Gasteiger partial charge >= 0.3 is 0 Å². The van der Waals surface area contributed by atoms with E-state index in [0.717, 1.165) is 24.3 Å². The molecule has 1 atom stereocenters. The molecule has 3 aromatic rings. The first kappa shape index (κ1) is 21.4. The summed E-state index contributed by atoms with van der Waals surface area (Å²) in [5.74, 6) is -0.934. The summed E-state index contributed by atoms with van der Waals surface area (Å²) < 4.78 is 7.52. The molecule has 1 aromatic heterocycles. The molecule has 0 bridgehead atoms. The Labute approximate surface area is 193 Å².